The standard InChI is InChI=1S/C14H15O2/c1-15-10-5-11-16-14-9-4-7-12-6-2-3-8-13(12)14/h2-3,6-9H,5,10-11H2,1H3. The van der Waals surface area contributed by atoms with Crippen LogP contribution in [0.15, 0.2) is 36.4 Å². The summed E-state index contributed by atoms with van der Waals surface area (Å²) in [5.41, 5.74) is 0. The number of rotatable bonds is 5. The molecule has 0 N–H and O–H groups in total. The molecular formula is C14H15O2. The van der Waals surface area contributed by atoms with Crippen LogP contribution in [0, 0.1) is 6.07 Å². The van der Waals surface area contributed by atoms with Gasteiger partial charge in [0.2, 0.25) is 0 Å². The first-order valence-electron chi connectivity index (χ1n) is 5.42. The van der Waals surface area contributed by atoms with E-state index in [2.05, 4.69) is 18.2 Å². The van der Waals surface area contributed by atoms with E-state index in [1.54, 1.807) is 7.11 Å². The maximum Gasteiger partial charge on any atom is 0.127 e. The molecule has 0 aliphatic heterocycles. The first-order chi connectivity index (χ1) is 7.92. The number of hydrogen-bond donors (Lipinski definition) is 0. The Labute approximate surface area is 95.8 Å². The molecule has 83 valence electrons. The second kappa shape index (κ2) is 5.52. The van der Waals surface area contributed by atoms with Crippen molar-refractivity contribution in [2.45, 2.75) is 6.42 Å². The van der Waals surface area contributed by atoms with Gasteiger partial charge in [-0.1, -0.05) is 24.3 Å². The lowest BCUT2D eigenvalue weighted by Crippen LogP contribution is -2.01. The van der Waals surface area contributed by atoms with Crippen LogP contribution in [0.25, 0.3) is 10.8 Å². The zero-order valence-electron chi connectivity index (χ0n) is 9.40. The average Bonchev–Trinajstić information content (AvgIpc) is 2.35. The topological polar surface area (TPSA) is 18.5 Å². The summed E-state index contributed by atoms with van der Waals surface area (Å²) in [6.45, 7) is 1.41. The Hall–Kier alpha value is -1.54. The Balaban J connectivity index is 2.11. The van der Waals surface area contributed by atoms with Gasteiger partial charge >= 0.3 is 0 Å². The molecule has 0 aromatic heterocycles. The lowest BCUT2D eigenvalue weighted by atomic mass is 10.1. The molecule has 0 fully saturated rings. The van der Waals surface area contributed by atoms with Gasteiger partial charge in [-0.25, -0.2) is 0 Å². The molecule has 0 spiro atoms. The third-order valence-corrected chi connectivity index (χ3v) is 2.43. The minimum atomic E-state index is 0.676. The van der Waals surface area contributed by atoms with Gasteiger partial charge in [-0.3, -0.25) is 0 Å². The minimum Gasteiger partial charge on any atom is -0.493 e. The molecule has 2 rings (SSSR count). The summed E-state index contributed by atoms with van der Waals surface area (Å²) in [5.74, 6) is 0.897. The molecule has 0 bridgehead atoms. The lowest BCUT2D eigenvalue weighted by molar-refractivity contribution is 0.172. The highest BCUT2D eigenvalue weighted by Gasteiger charge is 2.00. The van der Waals surface area contributed by atoms with Crippen LogP contribution in [-0.4, -0.2) is 20.3 Å². The molecule has 1 radical (unpaired) electrons. The SMILES string of the molecule is COCCCOc1c[c]cc2ccccc12. The molecule has 0 saturated carbocycles. The van der Waals surface area contributed by atoms with E-state index in [4.69, 9.17) is 9.47 Å². The molecule has 0 aliphatic carbocycles. The molecule has 2 nitrogen and oxygen atoms in total. The molecule has 0 aliphatic rings. The van der Waals surface area contributed by atoms with E-state index in [0.717, 1.165) is 29.5 Å². The quantitative estimate of drug-likeness (QED) is 0.714. The number of benzene rings is 2. The van der Waals surface area contributed by atoms with Crippen LogP contribution >= 0.6 is 0 Å². The summed E-state index contributed by atoms with van der Waals surface area (Å²) in [5, 5.41) is 2.30. The Morgan fingerprint density at radius 3 is 2.88 bits per heavy atom. The molecule has 16 heavy (non-hydrogen) atoms. The van der Waals surface area contributed by atoms with Crippen molar-refractivity contribution in [3.05, 3.63) is 42.5 Å². The smallest absolute Gasteiger partial charge is 0.127 e. The van der Waals surface area contributed by atoms with Gasteiger partial charge in [-0.2, -0.15) is 0 Å². The summed E-state index contributed by atoms with van der Waals surface area (Å²) in [6.07, 6.45) is 0.903. The zero-order chi connectivity index (χ0) is 11.2. The highest BCUT2D eigenvalue weighted by atomic mass is 16.5. The summed E-state index contributed by atoms with van der Waals surface area (Å²) in [7, 11) is 1.70. The molecular weight excluding hydrogens is 200 g/mol. The van der Waals surface area contributed by atoms with Crippen LogP contribution in [-0.2, 0) is 4.74 Å². The van der Waals surface area contributed by atoms with Crippen molar-refractivity contribution in [2.24, 2.45) is 0 Å². The zero-order valence-corrected chi connectivity index (χ0v) is 9.40. The molecule has 0 atom stereocenters. The third-order valence-electron chi connectivity index (χ3n) is 2.43. The summed E-state index contributed by atoms with van der Waals surface area (Å²) in [4.78, 5) is 0. The van der Waals surface area contributed by atoms with Gasteiger partial charge in [-0.05, 0) is 23.6 Å². The monoisotopic (exact) mass is 215 g/mol. The van der Waals surface area contributed by atoms with Gasteiger partial charge in [0.25, 0.3) is 0 Å². The Morgan fingerprint density at radius 2 is 2.00 bits per heavy atom. The predicted octanol–water partition coefficient (Wildman–Crippen LogP) is 3.06. The second-order valence-corrected chi connectivity index (χ2v) is 3.60. The van der Waals surface area contributed by atoms with Crippen molar-refractivity contribution in [3.63, 3.8) is 0 Å². The van der Waals surface area contributed by atoms with E-state index in [1.807, 2.05) is 24.3 Å². The van der Waals surface area contributed by atoms with E-state index < -0.39 is 0 Å². The predicted molar refractivity (Wildman–Crippen MR) is 64.8 cm³/mol. The number of fused-ring (bicyclic) bond motifs is 1. The second-order valence-electron chi connectivity index (χ2n) is 3.60. The fourth-order valence-corrected chi connectivity index (χ4v) is 1.64. The van der Waals surface area contributed by atoms with Crippen LogP contribution in [0.3, 0.4) is 0 Å². The first kappa shape index (κ1) is 11.0. The van der Waals surface area contributed by atoms with Gasteiger partial charge < -0.3 is 9.47 Å². The van der Waals surface area contributed by atoms with Gasteiger partial charge in [0, 0.05) is 25.5 Å². The van der Waals surface area contributed by atoms with Crippen LogP contribution in [0.1, 0.15) is 6.42 Å². The van der Waals surface area contributed by atoms with Crippen molar-refractivity contribution in [1.29, 1.82) is 0 Å². The Bertz CT molecular complexity index is 446. The van der Waals surface area contributed by atoms with Crippen LogP contribution in [0.2, 0.25) is 0 Å². The van der Waals surface area contributed by atoms with Gasteiger partial charge in [0.05, 0.1) is 6.61 Å². The molecule has 2 aromatic carbocycles. The van der Waals surface area contributed by atoms with Crippen molar-refractivity contribution >= 4 is 10.8 Å². The highest BCUT2D eigenvalue weighted by molar-refractivity contribution is 5.87. The lowest BCUT2D eigenvalue weighted by Gasteiger charge is -2.08. The fraction of sp³-hybridized carbons (Fsp3) is 0.286. The first-order valence-corrected chi connectivity index (χ1v) is 5.42. The van der Waals surface area contributed by atoms with Crippen molar-refractivity contribution in [3.8, 4) is 5.75 Å². The Morgan fingerprint density at radius 1 is 1.12 bits per heavy atom. The van der Waals surface area contributed by atoms with Gasteiger partial charge in [0.15, 0.2) is 0 Å². The van der Waals surface area contributed by atoms with Crippen molar-refractivity contribution in [2.75, 3.05) is 20.3 Å². The normalized spacial score (nSPS) is 10.6. The van der Waals surface area contributed by atoms with E-state index in [0.29, 0.717) is 6.61 Å². The van der Waals surface area contributed by atoms with Crippen molar-refractivity contribution in [1.82, 2.24) is 0 Å². The summed E-state index contributed by atoms with van der Waals surface area (Å²) >= 11 is 0. The van der Waals surface area contributed by atoms with Crippen LogP contribution in [0.4, 0.5) is 0 Å². The maximum absolute atomic E-state index is 5.71. The molecule has 2 aromatic rings. The van der Waals surface area contributed by atoms with Crippen LogP contribution < -0.4 is 4.74 Å². The van der Waals surface area contributed by atoms with Crippen LogP contribution in [0.5, 0.6) is 5.75 Å². The Kier molecular flexibility index (Phi) is 3.78. The molecule has 0 heterocycles. The molecule has 2 heteroatoms. The summed E-state index contributed by atoms with van der Waals surface area (Å²) in [6, 6.07) is 15.1. The van der Waals surface area contributed by atoms with Gasteiger partial charge in [0.1, 0.15) is 5.75 Å². The summed E-state index contributed by atoms with van der Waals surface area (Å²) < 4.78 is 10.7. The van der Waals surface area contributed by atoms with Crippen molar-refractivity contribution < 1.29 is 9.47 Å². The van der Waals surface area contributed by atoms with E-state index >= 15 is 0 Å². The highest BCUT2D eigenvalue weighted by Crippen LogP contribution is 2.24. The fourth-order valence-electron chi connectivity index (χ4n) is 1.64. The largest absolute Gasteiger partial charge is 0.493 e. The average molecular weight is 215 g/mol. The molecule has 0 amide bonds. The number of hydrogen-bond acceptors (Lipinski definition) is 2. The van der Waals surface area contributed by atoms with E-state index in [9.17, 15) is 0 Å². The molecule has 0 unspecified atom stereocenters. The van der Waals surface area contributed by atoms with E-state index in [1.165, 1.54) is 0 Å². The maximum atomic E-state index is 5.71. The van der Waals surface area contributed by atoms with Gasteiger partial charge in [-0.15, -0.1) is 0 Å². The van der Waals surface area contributed by atoms with E-state index in [-0.39, 0.29) is 0 Å². The number of methoxy groups -OCH3 is 1. The number of ether oxygens (including phenoxy) is 2. The third kappa shape index (κ3) is 2.52. The molecule has 0 saturated heterocycles. The minimum absolute atomic E-state index is 0.676.